The SMILES string of the molecule is Br.Cc1coc(=N)n1Cc1cccc2nsnc12. The maximum absolute atomic E-state index is 7.67. The van der Waals surface area contributed by atoms with E-state index in [1.54, 1.807) is 10.8 Å². The van der Waals surface area contributed by atoms with Crippen molar-refractivity contribution in [1.29, 1.82) is 5.41 Å². The van der Waals surface area contributed by atoms with Crippen LogP contribution in [0.25, 0.3) is 11.0 Å². The maximum Gasteiger partial charge on any atom is 0.294 e. The van der Waals surface area contributed by atoms with Crippen molar-refractivity contribution in [2.75, 3.05) is 0 Å². The van der Waals surface area contributed by atoms with Gasteiger partial charge in [-0.25, -0.2) is 0 Å². The number of hydrogen-bond donors (Lipinski definition) is 1. The number of nitrogens with zero attached hydrogens (tertiary/aromatic N) is 3. The van der Waals surface area contributed by atoms with Crippen molar-refractivity contribution in [3.8, 4) is 0 Å². The zero-order valence-electron chi connectivity index (χ0n) is 9.58. The van der Waals surface area contributed by atoms with Gasteiger partial charge in [0.1, 0.15) is 17.3 Å². The first-order valence-corrected chi connectivity index (χ1v) is 5.88. The van der Waals surface area contributed by atoms with Crippen molar-refractivity contribution >= 4 is 39.7 Å². The lowest BCUT2D eigenvalue weighted by atomic mass is 10.2. The number of nitrogens with one attached hydrogen (secondary N) is 1. The Hall–Kier alpha value is -1.47. The molecule has 1 aromatic carbocycles. The smallest absolute Gasteiger partial charge is 0.294 e. The van der Waals surface area contributed by atoms with E-state index in [2.05, 4.69) is 8.75 Å². The summed E-state index contributed by atoms with van der Waals surface area (Å²) in [6.45, 7) is 2.50. The molecule has 7 heteroatoms. The van der Waals surface area contributed by atoms with Crippen molar-refractivity contribution in [2.45, 2.75) is 13.5 Å². The molecule has 1 N–H and O–H groups in total. The Kier molecular flexibility index (Phi) is 3.63. The number of aromatic nitrogens is 3. The Morgan fingerprint density at radius 1 is 1.39 bits per heavy atom. The fourth-order valence-corrected chi connectivity index (χ4v) is 2.35. The standard InChI is InChI=1S/C11H10N4OS.BrH/c1-7-6-16-11(12)15(7)5-8-3-2-4-9-10(8)14-17-13-9;/h2-4,6,12H,5H2,1H3;1H. The summed E-state index contributed by atoms with van der Waals surface area (Å²) in [6.07, 6.45) is 1.59. The fourth-order valence-electron chi connectivity index (χ4n) is 1.78. The summed E-state index contributed by atoms with van der Waals surface area (Å²) in [7, 11) is 0. The van der Waals surface area contributed by atoms with Crippen LogP contribution in [0.4, 0.5) is 0 Å². The third-order valence-corrected chi connectivity index (χ3v) is 3.25. The maximum atomic E-state index is 7.67. The lowest BCUT2D eigenvalue weighted by Crippen LogP contribution is -2.16. The molecule has 0 aliphatic carbocycles. The lowest BCUT2D eigenvalue weighted by molar-refractivity contribution is 0.458. The molecule has 0 aliphatic rings. The zero-order valence-corrected chi connectivity index (χ0v) is 12.1. The number of halogens is 1. The summed E-state index contributed by atoms with van der Waals surface area (Å²) >= 11 is 1.21. The van der Waals surface area contributed by atoms with Crippen LogP contribution < -0.4 is 5.68 Å². The second kappa shape index (κ2) is 5.03. The van der Waals surface area contributed by atoms with Gasteiger partial charge < -0.3 is 4.42 Å². The van der Waals surface area contributed by atoms with Gasteiger partial charge >= 0.3 is 0 Å². The van der Waals surface area contributed by atoms with Crippen LogP contribution in [-0.2, 0) is 6.54 Å². The van der Waals surface area contributed by atoms with Crippen molar-refractivity contribution in [2.24, 2.45) is 0 Å². The van der Waals surface area contributed by atoms with E-state index in [1.165, 1.54) is 11.7 Å². The van der Waals surface area contributed by atoms with Gasteiger partial charge in [-0.2, -0.15) is 8.75 Å². The number of benzene rings is 1. The molecule has 0 fully saturated rings. The molecule has 5 nitrogen and oxygen atoms in total. The number of oxazole rings is 1. The molecule has 2 heterocycles. The second-order valence-electron chi connectivity index (χ2n) is 3.82. The molecule has 3 rings (SSSR count). The van der Waals surface area contributed by atoms with E-state index in [4.69, 9.17) is 9.83 Å². The van der Waals surface area contributed by atoms with Gasteiger partial charge in [0.15, 0.2) is 0 Å². The summed E-state index contributed by atoms with van der Waals surface area (Å²) in [6, 6.07) is 5.90. The van der Waals surface area contributed by atoms with Crippen LogP contribution in [0.15, 0.2) is 28.9 Å². The Labute approximate surface area is 118 Å². The highest BCUT2D eigenvalue weighted by Crippen LogP contribution is 2.17. The molecular weight excluding hydrogens is 316 g/mol. The van der Waals surface area contributed by atoms with Gasteiger partial charge in [0.05, 0.1) is 24.0 Å². The predicted molar refractivity (Wildman–Crippen MR) is 74.1 cm³/mol. The van der Waals surface area contributed by atoms with Crippen LogP contribution in [0.2, 0.25) is 0 Å². The Balaban J connectivity index is 0.00000120. The van der Waals surface area contributed by atoms with Crippen LogP contribution in [0, 0.1) is 12.3 Å². The largest absolute Gasteiger partial charge is 0.432 e. The molecule has 0 saturated heterocycles. The number of fused-ring (bicyclic) bond motifs is 1. The van der Waals surface area contributed by atoms with E-state index < -0.39 is 0 Å². The van der Waals surface area contributed by atoms with Crippen LogP contribution in [0.5, 0.6) is 0 Å². The highest BCUT2D eigenvalue weighted by molar-refractivity contribution is 8.93. The van der Waals surface area contributed by atoms with Crippen molar-refractivity contribution < 1.29 is 4.42 Å². The first-order chi connectivity index (χ1) is 8.25. The minimum absolute atomic E-state index is 0. The van der Waals surface area contributed by atoms with E-state index in [9.17, 15) is 0 Å². The molecule has 0 saturated carbocycles. The van der Waals surface area contributed by atoms with Gasteiger partial charge in [0.2, 0.25) is 0 Å². The van der Waals surface area contributed by atoms with Gasteiger partial charge in [-0.05, 0) is 13.0 Å². The van der Waals surface area contributed by atoms with Gasteiger partial charge in [0, 0.05) is 5.56 Å². The van der Waals surface area contributed by atoms with Crippen LogP contribution >= 0.6 is 28.7 Å². The van der Waals surface area contributed by atoms with Gasteiger partial charge in [-0.3, -0.25) is 9.98 Å². The Bertz CT molecular complexity index is 730. The van der Waals surface area contributed by atoms with E-state index in [-0.39, 0.29) is 22.7 Å². The molecule has 94 valence electrons. The van der Waals surface area contributed by atoms with E-state index in [1.807, 2.05) is 25.1 Å². The topological polar surface area (TPSA) is 67.7 Å². The van der Waals surface area contributed by atoms with Gasteiger partial charge in [-0.15, -0.1) is 17.0 Å². The third kappa shape index (κ3) is 2.11. The molecule has 0 spiro atoms. The Morgan fingerprint density at radius 3 is 2.94 bits per heavy atom. The van der Waals surface area contributed by atoms with Crippen molar-refractivity contribution in [1.82, 2.24) is 13.3 Å². The summed E-state index contributed by atoms with van der Waals surface area (Å²) in [5.74, 6) is 0. The van der Waals surface area contributed by atoms with E-state index in [0.29, 0.717) is 6.54 Å². The highest BCUT2D eigenvalue weighted by Gasteiger charge is 2.08. The first kappa shape index (κ1) is 13.0. The molecule has 0 radical (unpaired) electrons. The molecule has 0 bridgehead atoms. The molecule has 18 heavy (non-hydrogen) atoms. The van der Waals surface area contributed by atoms with Crippen LogP contribution in [0.3, 0.4) is 0 Å². The molecule has 3 aromatic rings. The third-order valence-electron chi connectivity index (χ3n) is 2.71. The number of rotatable bonds is 2. The summed E-state index contributed by atoms with van der Waals surface area (Å²) < 4.78 is 15.3. The molecule has 0 atom stereocenters. The summed E-state index contributed by atoms with van der Waals surface area (Å²) in [4.78, 5) is 0. The zero-order chi connectivity index (χ0) is 11.8. The summed E-state index contributed by atoms with van der Waals surface area (Å²) in [5, 5.41) is 7.67. The normalized spacial score (nSPS) is 10.5. The van der Waals surface area contributed by atoms with Crippen LogP contribution in [-0.4, -0.2) is 13.3 Å². The van der Waals surface area contributed by atoms with Crippen molar-refractivity contribution in [3.63, 3.8) is 0 Å². The molecule has 0 aliphatic heterocycles. The molecule has 0 unspecified atom stereocenters. The molecule has 0 amide bonds. The first-order valence-electron chi connectivity index (χ1n) is 5.15. The monoisotopic (exact) mass is 326 g/mol. The average Bonchev–Trinajstić information content (AvgIpc) is 2.91. The molecule has 2 aromatic heterocycles. The van der Waals surface area contributed by atoms with E-state index in [0.717, 1.165) is 22.3 Å². The minimum Gasteiger partial charge on any atom is -0.432 e. The highest BCUT2D eigenvalue weighted by atomic mass is 79.9. The minimum atomic E-state index is 0. The second-order valence-corrected chi connectivity index (χ2v) is 4.35. The Morgan fingerprint density at radius 2 is 2.22 bits per heavy atom. The fraction of sp³-hybridized carbons (Fsp3) is 0.182. The van der Waals surface area contributed by atoms with Crippen molar-refractivity contribution in [3.05, 3.63) is 41.4 Å². The summed E-state index contributed by atoms with van der Waals surface area (Å²) in [5.41, 5.74) is 3.95. The number of aryl methyl sites for hydroxylation is 1. The lowest BCUT2D eigenvalue weighted by Gasteiger charge is -2.04. The number of hydrogen-bond acceptors (Lipinski definition) is 5. The van der Waals surface area contributed by atoms with Crippen LogP contribution in [0.1, 0.15) is 11.3 Å². The molecular formula is C11H11BrN4OS. The average molecular weight is 327 g/mol. The van der Waals surface area contributed by atoms with Gasteiger partial charge in [0.25, 0.3) is 5.68 Å². The quantitative estimate of drug-likeness (QED) is 0.786. The predicted octanol–water partition coefficient (Wildman–Crippen LogP) is 2.50. The van der Waals surface area contributed by atoms with E-state index >= 15 is 0 Å². The van der Waals surface area contributed by atoms with Gasteiger partial charge in [-0.1, -0.05) is 12.1 Å².